The van der Waals surface area contributed by atoms with E-state index in [0.717, 1.165) is 35.5 Å². The number of nitrogens with zero attached hydrogens (tertiary/aromatic N) is 2. The fourth-order valence-electron chi connectivity index (χ4n) is 2.74. The Bertz CT molecular complexity index is 650. The molecular weight excluding hydrogens is 298 g/mol. The lowest BCUT2D eigenvalue weighted by Crippen LogP contribution is -2.49. The fourth-order valence-corrected chi connectivity index (χ4v) is 3.91. The van der Waals surface area contributed by atoms with Crippen LogP contribution in [-0.2, 0) is 11.3 Å². The van der Waals surface area contributed by atoms with Crippen molar-refractivity contribution in [2.75, 3.05) is 18.1 Å². The average molecular weight is 319 g/mol. The number of imidazole rings is 1. The molecule has 22 heavy (non-hydrogen) atoms. The number of rotatable bonds is 5. The minimum Gasteiger partial charge on any atom is -0.380 e. The quantitative estimate of drug-likeness (QED) is 0.825. The van der Waals surface area contributed by atoms with Gasteiger partial charge in [0.1, 0.15) is 5.60 Å². The monoisotopic (exact) mass is 319 g/mol. The molecule has 1 aliphatic rings. The summed E-state index contributed by atoms with van der Waals surface area (Å²) in [5, 5.41) is 13.2. The molecule has 2 aromatic rings. The van der Waals surface area contributed by atoms with E-state index in [-0.39, 0.29) is 5.91 Å². The van der Waals surface area contributed by atoms with Crippen molar-refractivity contribution >= 4 is 28.7 Å². The van der Waals surface area contributed by atoms with E-state index in [1.807, 2.05) is 30.6 Å². The molecule has 1 aromatic carbocycles. The third-order valence-electron chi connectivity index (χ3n) is 4.13. The van der Waals surface area contributed by atoms with Gasteiger partial charge in [-0.25, -0.2) is 4.98 Å². The number of aromatic nitrogens is 2. The number of aliphatic hydroxyl groups is 1. The van der Waals surface area contributed by atoms with Gasteiger partial charge in [0.2, 0.25) is 0 Å². The summed E-state index contributed by atoms with van der Waals surface area (Å²) in [5.74, 6) is 1.49. The van der Waals surface area contributed by atoms with Crippen LogP contribution in [0.2, 0.25) is 0 Å². The normalized spacial score (nSPS) is 17.5. The van der Waals surface area contributed by atoms with E-state index in [9.17, 15) is 9.90 Å². The van der Waals surface area contributed by atoms with Crippen LogP contribution in [0.15, 0.2) is 30.6 Å². The van der Waals surface area contributed by atoms with Crippen LogP contribution in [0.3, 0.4) is 0 Å². The summed E-state index contributed by atoms with van der Waals surface area (Å²) in [4.78, 5) is 16.5. The molecule has 0 spiro atoms. The van der Waals surface area contributed by atoms with Gasteiger partial charge in [-0.05, 0) is 42.9 Å². The minimum atomic E-state index is -1.16. The molecule has 1 aromatic heterocycles. The summed E-state index contributed by atoms with van der Waals surface area (Å²) in [7, 11) is 0. The smallest absolute Gasteiger partial charge is 0.252 e. The predicted octanol–water partition coefficient (Wildman–Crippen LogP) is 1.80. The highest BCUT2D eigenvalue weighted by Gasteiger charge is 2.36. The van der Waals surface area contributed by atoms with E-state index in [0.29, 0.717) is 19.4 Å². The van der Waals surface area contributed by atoms with Crippen LogP contribution < -0.4 is 5.32 Å². The van der Waals surface area contributed by atoms with Crippen molar-refractivity contribution in [2.24, 2.45) is 0 Å². The van der Waals surface area contributed by atoms with Crippen molar-refractivity contribution in [3.63, 3.8) is 0 Å². The highest BCUT2D eigenvalue weighted by Crippen LogP contribution is 2.26. The molecule has 0 saturated carbocycles. The molecule has 0 aliphatic carbocycles. The van der Waals surface area contributed by atoms with E-state index in [1.54, 1.807) is 11.8 Å². The van der Waals surface area contributed by atoms with E-state index in [2.05, 4.69) is 14.9 Å². The van der Waals surface area contributed by atoms with Gasteiger partial charge in [-0.3, -0.25) is 4.79 Å². The van der Waals surface area contributed by atoms with Crippen molar-refractivity contribution in [3.8, 4) is 0 Å². The van der Waals surface area contributed by atoms with Crippen LogP contribution in [0.25, 0.3) is 11.0 Å². The number of hydrogen-bond donors (Lipinski definition) is 2. The van der Waals surface area contributed by atoms with Gasteiger partial charge in [-0.2, -0.15) is 11.8 Å². The topological polar surface area (TPSA) is 67.2 Å². The number of amides is 1. The third kappa shape index (κ3) is 3.28. The lowest BCUT2D eigenvalue weighted by atomic mass is 9.96. The first-order valence-corrected chi connectivity index (χ1v) is 8.83. The average Bonchev–Trinajstić information content (AvgIpc) is 2.95. The lowest BCUT2D eigenvalue weighted by molar-refractivity contribution is -0.140. The molecule has 0 radical (unpaired) electrons. The second-order valence-corrected chi connectivity index (χ2v) is 6.90. The Hall–Kier alpha value is -1.53. The van der Waals surface area contributed by atoms with Crippen LogP contribution in [0.4, 0.5) is 0 Å². The first-order chi connectivity index (χ1) is 10.7. The first-order valence-electron chi connectivity index (χ1n) is 7.67. The standard InChI is InChI=1S/C16H21N3O2S/c20-15(16(21)6-10-22-11-7-16)17-8-3-9-19-12-18-13-4-1-2-5-14(13)19/h1-2,4-5,12,21H,3,6-11H2,(H,17,20). The van der Waals surface area contributed by atoms with Gasteiger partial charge >= 0.3 is 0 Å². The number of carbonyl (C=O) groups excluding carboxylic acids is 1. The van der Waals surface area contributed by atoms with Crippen LogP contribution in [-0.4, -0.2) is 44.2 Å². The Kier molecular flexibility index (Phi) is 4.69. The number of nitrogens with one attached hydrogen (secondary N) is 1. The second-order valence-electron chi connectivity index (χ2n) is 5.68. The van der Waals surface area contributed by atoms with E-state index in [4.69, 9.17) is 0 Å². The van der Waals surface area contributed by atoms with Crippen LogP contribution in [0.5, 0.6) is 0 Å². The van der Waals surface area contributed by atoms with E-state index < -0.39 is 5.60 Å². The molecule has 1 fully saturated rings. The van der Waals surface area contributed by atoms with Gasteiger partial charge in [-0.15, -0.1) is 0 Å². The fraction of sp³-hybridized carbons (Fsp3) is 0.500. The largest absolute Gasteiger partial charge is 0.380 e. The minimum absolute atomic E-state index is 0.219. The molecule has 0 atom stereocenters. The number of hydrogen-bond acceptors (Lipinski definition) is 4. The molecule has 5 nitrogen and oxygen atoms in total. The number of benzene rings is 1. The molecule has 6 heteroatoms. The molecule has 1 saturated heterocycles. The molecule has 1 amide bonds. The third-order valence-corrected chi connectivity index (χ3v) is 5.12. The molecule has 3 rings (SSSR count). The Balaban J connectivity index is 1.48. The Morgan fingerprint density at radius 1 is 1.36 bits per heavy atom. The zero-order valence-corrected chi connectivity index (χ0v) is 13.3. The number of aryl methyl sites for hydroxylation is 1. The Labute approximate surface area is 134 Å². The van der Waals surface area contributed by atoms with Crippen molar-refractivity contribution in [1.82, 2.24) is 14.9 Å². The van der Waals surface area contributed by atoms with Gasteiger partial charge in [0.25, 0.3) is 5.91 Å². The first kappa shape index (κ1) is 15.4. The van der Waals surface area contributed by atoms with Gasteiger partial charge in [0.05, 0.1) is 17.4 Å². The molecule has 0 bridgehead atoms. The molecular formula is C16H21N3O2S. The second kappa shape index (κ2) is 6.71. The molecule has 0 unspecified atom stereocenters. The van der Waals surface area contributed by atoms with Crippen molar-refractivity contribution in [3.05, 3.63) is 30.6 Å². The van der Waals surface area contributed by atoms with E-state index in [1.165, 1.54) is 0 Å². The van der Waals surface area contributed by atoms with Crippen molar-refractivity contribution < 1.29 is 9.90 Å². The van der Waals surface area contributed by atoms with Crippen LogP contribution >= 0.6 is 11.8 Å². The van der Waals surface area contributed by atoms with Gasteiger partial charge in [-0.1, -0.05) is 12.1 Å². The summed E-state index contributed by atoms with van der Waals surface area (Å²) in [6.45, 7) is 1.37. The number of fused-ring (bicyclic) bond motifs is 1. The van der Waals surface area contributed by atoms with Crippen molar-refractivity contribution in [2.45, 2.75) is 31.4 Å². The molecule has 2 N–H and O–H groups in total. The van der Waals surface area contributed by atoms with E-state index >= 15 is 0 Å². The Morgan fingerprint density at radius 3 is 2.95 bits per heavy atom. The molecule has 1 aliphatic heterocycles. The highest BCUT2D eigenvalue weighted by molar-refractivity contribution is 7.99. The van der Waals surface area contributed by atoms with Gasteiger partial charge in [0.15, 0.2) is 0 Å². The maximum atomic E-state index is 12.1. The summed E-state index contributed by atoms with van der Waals surface area (Å²) in [6.07, 6.45) is 3.75. The highest BCUT2D eigenvalue weighted by atomic mass is 32.2. The van der Waals surface area contributed by atoms with Crippen LogP contribution in [0.1, 0.15) is 19.3 Å². The number of carbonyl (C=O) groups is 1. The zero-order valence-electron chi connectivity index (χ0n) is 12.5. The zero-order chi connectivity index (χ0) is 15.4. The summed E-state index contributed by atoms with van der Waals surface area (Å²) < 4.78 is 2.09. The van der Waals surface area contributed by atoms with Crippen molar-refractivity contribution in [1.29, 1.82) is 0 Å². The SMILES string of the molecule is O=C(NCCCn1cnc2ccccc21)C1(O)CCSCC1. The number of para-hydroxylation sites is 2. The summed E-state index contributed by atoms with van der Waals surface area (Å²) in [6, 6.07) is 8.01. The molecule has 118 valence electrons. The van der Waals surface area contributed by atoms with Gasteiger partial charge in [0, 0.05) is 13.1 Å². The maximum Gasteiger partial charge on any atom is 0.252 e. The molecule has 2 heterocycles. The summed E-state index contributed by atoms with van der Waals surface area (Å²) in [5.41, 5.74) is 0.935. The predicted molar refractivity (Wildman–Crippen MR) is 88.9 cm³/mol. The summed E-state index contributed by atoms with van der Waals surface area (Å²) >= 11 is 1.79. The van der Waals surface area contributed by atoms with Gasteiger partial charge < -0.3 is 15.0 Å². The maximum absolute atomic E-state index is 12.1. The Morgan fingerprint density at radius 2 is 2.14 bits per heavy atom. The van der Waals surface area contributed by atoms with Crippen LogP contribution in [0, 0.1) is 0 Å². The number of thioether (sulfide) groups is 1. The lowest BCUT2D eigenvalue weighted by Gasteiger charge is -2.30.